The molecule has 1 aromatic rings. The van der Waals surface area contributed by atoms with Crippen LogP contribution in [-0.2, 0) is 4.79 Å². The lowest BCUT2D eigenvalue weighted by Crippen LogP contribution is -2.41. The summed E-state index contributed by atoms with van der Waals surface area (Å²) in [5, 5.41) is 4.40. The van der Waals surface area contributed by atoms with Crippen LogP contribution in [0.25, 0.3) is 0 Å². The third kappa shape index (κ3) is 5.04. The van der Waals surface area contributed by atoms with Gasteiger partial charge in [0, 0.05) is 11.8 Å². The summed E-state index contributed by atoms with van der Waals surface area (Å²) < 4.78 is 53.8. The van der Waals surface area contributed by atoms with Gasteiger partial charge in [-0.1, -0.05) is 6.07 Å². The fraction of sp³-hybridized carbons (Fsp3) is 0.417. The number of rotatable bonds is 7. The molecule has 0 spiro atoms. The fourth-order valence-corrected chi connectivity index (χ4v) is 1.33. The van der Waals surface area contributed by atoms with E-state index in [2.05, 4.69) is 5.32 Å². The van der Waals surface area contributed by atoms with E-state index >= 15 is 0 Å². The maximum Gasteiger partial charge on any atom is 0.319 e. The van der Waals surface area contributed by atoms with Crippen molar-refractivity contribution < 1.29 is 27.1 Å². The Bertz CT molecular complexity index is 455. The summed E-state index contributed by atoms with van der Waals surface area (Å²) in [7, 11) is 1.45. The van der Waals surface area contributed by atoms with Crippen molar-refractivity contribution in [3.8, 4) is 5.75 Å². The van der Waals surface area contributed by atoms with E-state index in [1.807, 2.05) is 5.32 Å². The summed E-state index contributed by atoms with van der Waals surface area (Å²) in [6, 6.07) is 6.41. The number of carbonyl (C=O) groups excluding carboxylic acids is 1. The first-order valence-corrected chi connectivity index (χ1v) is 5.66. The van der Waals surface area contributed by atoms with E-state index in [1.54, 1.807) is 18.2 Å². The molecule has 1 aromatic carbocycles. The number of anilines is 1. The van der Waals surface area contributed by atoms with Crippen LogP contribution in [0.2, 0.25) is 0 Å². The molecule has 0 saturated carbocycles. The molecule has 0 aliphatic carbocycles. The molecule has 0 fully saturated rings. The maximum atomic E-state index is 12.6. The van der Waals surface area contributed by atoms with Gasteiger partial charge in [-0.15, -0.1) is 0 Å². The number of amides is 1. The Labute approximate surface area is 113 Å². The predicted molar refractivity (Wildman–Crippen MR) is 65.4 cm³/mol. The first-order chi connectivity index (χ1) is 9.35. The Morgan fingerprint density at radius 2 is 2.10 bits per heavy atom. The molecule has 0 bridgehead atoms. The summed E-state index contributed by atoms with van der Waals surface area (Å²) in [4.78, 5) is 11.4. The van der Waals surface area contributed by atoms with E-state index in [9.17, 15) is 22.4 Å². The van der Waals surface area contributed by atoms with E-state index in [-0.39, 0.29) is 0 Å². The zero-order valence-corrected chi connectivity index (χ0v) is 10.6. The van der Waals surface area contributed by atoms with Crippen LogP contribution < -0.4 is 15.4 Å². The van der Waals surface area contributed by atoms with E-state index in [1.165, 1.54) is 13.2 Å². The normalized spacial score (nSPS) is 11.5. The van der Waals surface area contributed by atoms with Crippen LogP contribution in [0.4, 0.5) is 23.2 Å². The highest BCUT2D eigenvalue weighted by molar-refractivity contribution is 5.92. The molecule has 0 aliphatic heterocycles. The number of alkyl halides is 4. The predicted octanol–water partition coefficient (Wildman–Crippen LogP) is 2.12. The molecule has 0 unspecified atom stereocenters. The molecule has 20 heavy (non-hydrogen) atoms. The lowest BCUT2D eigenvalue weighted by molar-refractivity contribution is -0.127. The fourth-order valence-electron chi connectivity index (χ4n) is 1.33. The lowest BCUT2D eigenvalue weighted by Gasteiger charge is -2.15. The summed E-state index contributed by atoms with van der Waals surface area (Å²) in [6.45, 7) is -1.77. The van der Waals surface area contributed by atoms with E-state index in [0.29, 0.717) is 11.4 Å². The minimum Gasteiger partial charge on any atom is -0.497 e. The average Bonchev–Trinajstić information content (AvgIpc) is 2.38. The standard InChI is InChI=1S/C12H14F4N2O2/c1-20-9-4-2-3-8(5-9)18-10(19)6-17-7-12(15,16)11(13)14/h2-5,11,17H,6-7H2,1H3,(H,18,19). The van der Waals surface area contributed by atoms with E-state index < -0.39 is 31.3 Å². The highest BCUT2D eigenvalue weighted by atomic mass is 19.3. The second-order valence-electron chi connectivity index (χ2n) is 3.95. The van der Waals surface area contributed by atoms with Crippen molar-refractivity contribution in [2.75, 3.05) is 25.5 Å². The summed E-state index contributed by atoms with van der Waals surface area (Å²) >= 11 is 0. The molecule has 0 radical (unpaired) electrons. The lowest BCUT2D eigenvalue weighted by atomic mass is 10.3. The maximum absolute atomic E-state index is 12.6. The van der Waals surface area contributed by atoms with Gasteiger partial charge in [0.25, 0.3) is 0 Å². The molecule has 0 saturated heterocycles. The van der Waals surface area contributed by atoms with Crippen molar-refractivity contribution in [1.82, 2.24) is 5.32 Å². The third-order valence-corrected chi connectivity index (χ3v) is 2.32. The summed E-state index contributed by atoms with van der Waals surface area (Å²) in [6.07, 6.45) is -3.77. The van der Waals surface area contributed by atoms with Gasteiger partial charge in [-0.25, -0.2) is 8.78 Å². The van der Waals surface area contributed by atoms with Crippen LogP contribution in [0.5, 0.6) is 5.75 Å². The molecule has 1 rings (SSSR count). The Morgan fingerprint density at radius 3 is 2.70 bits per heavy atom. The van der Waals surface area contributed by atoms with Crippen LogP contribution >= 0.6 is 0 Å². The van der Waals surface area contributed by atoms with Gasteiger partial charge in [-0.3, -0.25) is 4.79 Å². The molecular weight excluding hydrogens is 280 g/mol. The van der Waals surface area contributed by atoms with Gasteiger partial charge in [-0.05, 0) is 12.1 Å². The zero-order valence-electron chi connectivity index (χ0n) is 10.6. The smallest absolute Gasteiger partial charge is 0.319 e. The number of benzene rings is 1. The molecule has 0 atom stereocenters. The van der Waals surface area contributed by atoms with Gasteiger partial charge in [0.2, 0.25) is 5.91 Å². The van der Waals surface area contributed by atoms with E-state index in [4.69, 9.17) is 4.74 Å². The number of carbonyl (C=O) groups is 1. The van der Waals surface area contributed by atoms with Gasteiger partial charge in [0.1, 0.15) is 5.75 Å². The molecule has 8 heteroatoms. The molecule has 0 aromatic heterocycles. The monoisotopic (exact) mass is 294 g/mol. The SMILES string of the molecule is COc1cccc(NC(=O)CNCC(F)(F)C(F)F)c1. The minimum atomic E-state index is -4.16. The van der Waals surface area contributed by atoms with Gasteiger partial charge in [-0.2, -0.15) is 8.78 Å². The Morgan fingerprint density at radius 1 is 1.40 bits per heavy atom. The van der Waals surface area contributed by atoms with Gasteiger partial charge in [0.15, 0.2) is 0 Å². The highest BCUT2D eigenvalue weighted by Gasteiger charge is 2.40. The quantitative estimate of drug-likeness (QED) is 0.757. The first-order valence-electron chi connectivity index (χ1n) is 5.66. The van der Waals surface area contributed by atoms with Crippen LogP contribution in [0.3, 0.4) is 0 Å². The van der Waals surface area contributed by atoms with Gasteiger partial charge < -0.3 is 15.4 Å². The Hall–Kier alpha value is -1.83. The summed E-state index contributed by atoms with van der Waals surface area (Å²) in [5.74, 6) is -4.26. The minimum absolute atomic E-state index is 0.414. The molecule has 0 heterocycles. The first kappa shape index (κ1) is 16.2. The third-order valence-electron chi connectivity index (χ3n) is 2.32. The van der Waals surface area contributed by atoms with Gasteiger partial charge in [0.05, 0.1) is 20.2 Å². The van der Waals surface area contributed by atoms with Crippen LogP contribution in [0.1, 0.15) is 0 Å². The summed E-state index contributed by atoms with van der Waals surface area (Å²) in [5.41, 5.74) is 0.414. The molecule has 1 amide bonds. The number of ether oxygens (including phenoxy) is 1. The van der Waals surface area contributed by atoms with Crippen molar-refractivity contribution >= 4 is 11.6 Å². The van der Waals surface area contributed by atoms with Gasteiger partial charge >= 0.3 is 12.3 Å². The number of methoxy groups -OCH3 is 1. The molecule has 2 N–H and O–H groups in total. The molecule has 0 aliphatic rings. The molecule has 4 nitrogen and oxygen atoms in total. The topological polar surface area (TPSA) is 50.4 Å². The van der Waals surface area contributed by atoms with Crippen molar-refractivity contribution in [1.29, 1.82) is 0 Å². The number of nitrogens with one attached hydrogen (secondary N) is 2. The largest absolute Gasteiger partial charge is 0.497 e. The van der Waals surface area contributed by atoms with Crippen molar-refractivity contribution in [3.63, 3.8) is 0 Å². The van der Waals surface area contributed by atoms with Crippen molar-refractivity contribution in [2.45, 2.75) is 12.3 Å². The number of halogens is 4. The number of hydrogen-bond acceptors (Lipinski definition) is 3. The van der Waals surface area contributed by atoms with Crippen molar-refractivity contribution in [3.05, 3.63) is 24.3 Å². The zero-order chi connectivity index (χ0) is 15.2. The second-order valence-corrected chi connectivity index (χ2v) is 3.95. The number of hydrogen-bond donors (Lipinski definition) is 2. The average molecular weight is 294 g/mol. The molecule has 112 valence electrons. The van der Waals surface area contributed by atoms with Crippen molar-refractivity contribution in [2.24, 2.45) is 0 Å². The Kier molecular flexibility index (Phi) is 5.75. The van der Waals surface area contributed by atoms with Crippen LogP contribution in [-0.4, -0.2) is 38.5 Å². The second kappa shape index (κ2) is 7.09. The van der Waals surface area contributed by atoms with E-state index in [0.717, 1.165) is 0 Å². The highest BCUT2D eigenvalue weighted by Crippen LogP contribution is 2.21. The molecular formula is C12H14F4N2O2. The Balaban J connectivity index is 2.40. The van der Waals surface area contributed by atoms with Crippen LogP contribution in [0, 0.1) is 0 Å². The van der Waals surface area contributed by atoms with Crippen LogP contribution in [0.15, 0.2) is 24.3 Å².